The molecular formula is C27H29FN6O2. The first-order valence-corrected chi connectivity index (χ1v) is 11.9. The number of piperazine rings is 1. The molecule has 0 spiro atoms. The standard InChI is InChI=1S/C27H29FN6O2/c1-35-21-13-11-20(12-14-21)19-34-27(29-30-31-34)26(22-7-3-4-8-23(22)28)33-17-15-32(16-18-33)24-9-5-6-10-25(24)36-2/h3-14,26H,15-19H2,1-2H3/t26-/m0/s1. The molecule has 1 saturated heterocycles. The van der Waals surface area contributed by atoms with Crippen LogP contribution in [0.1, 0.15) is 23.0 Å². The Hall–Kier alpha value is -3.98. The number of halogens is 1. The largest absolute Gasteiger partial charge is 0.497 e. The van der Waals surface area contributed by atoms with Crippen LogP contribution >= 0.6 is 0 Å². The van der Waals surface area contributed by atoms with Crippen molar-refractivity contribution in [2.24, 2.45) is 0 Å². The van der Waals surface area contributed by atoms with E-state index in [9.17, 15) is 0 Å². The van der Waals surface area contributed by atoms with Crippen LogP contribution in [-0.4, -0.2) is 65.5 Å². The average molecular weight is 489 g/mol. The second kappa shape index (κ2) is 10.7. The average Bonchev–Trinajstić information content (AvgIpc) is 3.38. The highest BCUT2D eigenvalue weighted by Crippen LogP contribution is 2.33. The Balaban J connectivity index is 1.43. The minimum atomic E-state index is -0.417. The predicted octanol–water partition coefficient (Wildman–Crippen LogP) is 3.79. The molecule has 1 atom stereocenters. The lowest BCUT2D eigenvalue weighted by atomic mass is 10.0. The molecule has 1 aliphatic heterocycles. The number of methoxy groups -OCH3 is 2. The Morgan fingerprint density at radius 1 is 0.861 bits per heavy atom. The lowest BCUT2D eigenvalue weighted by Crippen LogP contribution is -2.48. The molecule has 1 aliphatic rings. The number of ether oxygens (including phenoxy) is 2. The van der Waals surface area contributed by atoms with Crippen molar-refractivity contribution >= 4 is 5.69 Å². The van der Waals surface area contributed by atoms with Crippen LogP contribution in [0.3, 0.4) is 0 Å². The van der Waals surface area contributed by atoms with Gasteiger partial charge in [-0.15, -0.1) is 5.10 Å². The van der Waals surface area contributed by atoms with Gasteiger partial charge >= 0.3 is 0 Å². The predicted molar refractivity (Wildman–Crippen MR) is 135 cm³/mol. The van der Waals surface area contributed by atoms with Gasteiger partial charge in [0.2, 0.25) is 0 Å². The van der Waals surface area contributed by atoms with E-state index in [-0.39, 0.29) is 5.82 Å². The molecule has 186 valence electrons. The van der Waals surface area contributed by atoms with Crippen molar-refractivity contribution < 1.29 is 13.9 Å². The van der Waals surface area contributed by atoms with Crippen molar-refractivity contribution in [2.75, 3.05) is 45.3 Å². The second-order valence-corrected chi connectivity index (χ2v) is 8.66. The molecule has 8 nitrogen and oxygen atoms in total. The Labute approximate surface area is 209 Å². The molecule has 0 N–H and O–H groups in total. The van der Waals surface area contributed by atoms with Crippen LogP contribution in [0.4, 0.5) is 10.1 Å². The number of para-hydroxylation sites is 2. The summed E-state index contributed by atoms with van der Waals surface area (Å²) in [4.78, 5) is 4.55. The van der Waals surface area contributed by atoms with Crippen molar-refractivity contribution in [3.05, 3.63) is 95.6 Å². The minimum Gasteiger partial charge on any atom is -0.497 e. The molecule has 0 aliphatic carbocycles. The van der Waals surface area contributed by atoms with Gasteiger partial charge in [0.1, 0.15) is 23.4 Å². The van der Waals surface area contributed by atoms with Gasteiger partial charge in [0, 0.05) is 31.7 Å². The van der Waals surface area contributed by atoms with E-state index in [2.05, 4.69) is 31.4 Å². The molecule has 0 unspecified atom stereocenters. The van der Waals surface area contributed by atoms with E-state index in [0.29, 0.717) is 31.0 Å². The van der Waals surface area contributed by atoms with Gasteiger partial charge in [0.25, 0.3) is 0 Å². The number of benzene rings is 3. The van der Waals surface area contributed by atoms with Crippen LogP contribution in [0.5, 0.6) is 11.5 Å². The van der Waals surface area contributed by atoms with Crippen LogP contribution in [-0.2, 0) is 6.54 Å². The maximum absolute atomic E-state index is 15.1. The van der Waals surface area contributed by atoms with Crippen LogP contribution in [0.25, 0.3) is 0 Å². The summed E-state index contributed by atoms with van der Waals surface area (Å²) in [6.07, 6.45) is 0. The molecule has 9 heteroatoms. The fourth-order valence-electron chi connectivity index (χ4n) is 4.73. The van der Waals surface area contributed by atoms with Crippen LogP contribution < -0.4 is 14.4 Å². The molecule has 1 aromatic heterocycles. The van der Waals surface area contributed by atoms with Crippen molar-refractivity contribution in [2.45, 2.75) is 12.6 Å². The third-order valence-electron chi connectivity index (χ3n) is 6.60. The summed E-state index contributed by atoms with van der Waals surface area (Å²) in [6, 6.07) is 22.2. The summed E-state index contributed by atoms with van der Waals surface area (Å²) in [5.74, 6) is 1.98. The maximum atomic E-state index is 15.1. The third-order valence-corrected chi connectivity index (χ3v) is 6.60. The molecule has 0 amide bonds. The van der Waals surface area contributed by atoms with Gasteiger partial charge in [-0.1, -0.05) is 42.5 Å². The van der Waals surface area contributed by atoms with Gasteiger partial charge in [-0.2, -0.15) is 0 Å². The topological polar surface area (TPSA) is 68.5 Å². The molecule has 4 aromatic rings. The Morgan fingerprint density at radius 2 is 1.58 bits per heavy atom. The lowest BCUT2D eigenvalue weighted by molar-refractivity contribution is 0.197. The van der Waals surface area contributed by atoms with Crippen molar-refractivity contribution in [1.29, 1.82) is 0 Å². The van der Waals surface area contributed by atoms with Crippen LogP contribution in [0.2, 0.25) is 0 Å². The summed E-state index contributed by atoms with van der Waals surface area (Å²) in [5, 5.41) is 12.6. The number of anilines is 1. The van der Waals surface area contributed by atoms with Gasteiger partial charge in [0.15, 0.2) is 5.82 Å². The Kier molecular flexibility index (Phi) is 7.08. The zero-order valence-electron chi connectivity index (χ0n) is 20.4. The maximum Gasteiger partial charge on any atom is 0.173 e. The SMILES string of the molecule is COc1ccc(Cn2nnnc2[C@H](c2ccccc2F)N2CCN(c3ccccc3OC)CC2)cc1. The molecule has 2 heterocycles. The van der Waals surface area contributed by atoms with E-state index < -0.39 is 6.04 Å². The van der Waals surface area contributed by atoms with Gasteiger partial charge in [-0.25, -0.2) is 9.07 Å². The highest BCUT2D eigenvalue weighted by atomic mass is 19.1. The Morgan fingerprint density at radius 3 is 2.31 bits per heavy atom. The zero-order valence-corrected chi connectivity index (χ0v) is 20.4. The van der Waals surface area contributed by atoms with E-state index in [1.807, 2.05) is 54.6 Å². The summed E-state index contributed by atoms with van der Waals surface area (Å²) >= 11 is 0. The molecule has 5 rings (SSSR count). The monoisotopic (exact) mass is 488 g/mol. The molecule has 3 aromatic carbocycles. The van der Waals surface area contributed by atoms with Crippen molar-refractivity contribution in [3.63, 3.8) is 0 Å². The zero-order chi connectivity index (χ0) is 24.9. The highest BCUT2D eigenvalue weighted by molar-refractivity contribution is 5.58. The molecular weight excluding hydrogens is 459 g/mol. The quantitative estimate of drug-likeness (QED) is 0.374. The van der Waals surface area contributed by atoms with E-state index in [0.717, 1.165) is 35.8 Å². The number of nitrogens with zero attached hydrogens (tertiary/aromatic N) is 6. The lowest BCUT2D eigenvalue weighted by Gasteiger charge is -2.40. The number of tetrazole rings is 1. The summed E-state index contributed by atoms with van der Waals surface area (Å²) in [6.45, 7) is 3.44. The Bertz CT molecular complexity index is 1290. The second-order valence-electron chi connectivity index (χ2n) is 8.66. The summed E-state index contributed by atoms with van der Waals surface area (Å²) < 4.78 is 27.7. The number of rotatable bonds is 8. The molecule has 0 saturated carbocycles. The first-order valence-electron chi connectivity index (χ1n) is 11.9. The first kappa shape index (κ1) is 23.7. The number of hydrogen-bond acceptors (Lipinski definition) is 7. The number of hydrogen-bond donors (Lipinski definition) is 0. The van der Waals surface area contributed by atoms with E-state index in [1.165, 1.54) is 6.07 Å². The van der Waals surface area contributed by atoms with E-state index in [4.69, 9.17) is 9.47 Å². The third kappa shape index (κ3) is 4.87. The van der Waals surface area contributed by atoms with Gasteiger partial charge in [0.05, 0.1) is 26.5 Å². The summed E-state index contributed by atoms with van der Waals surface area (Å²) in [7, 11) is 3.33. The van der Waals surface area contributed by atoms with Gasteiger partial charge in [-0.05, 0) is 46.3 Å². The molecule has 1 fully saturated rings. The molecule has 36 heavy (non-hydrogen) atoms. The van der Waals surface area contributed by atoms with Gasteiger partial charge < -0.3 is 14.4 Å². The smallest absolute Gasteiger partial charge is 0.173 e. The minimum absolute atomic E-state index is 0.270. The molecule has 0 bridgehead atoms. The number of aromatic nitrogens is 4. The van der Waals surface area contributed by atoms with E-state index in [1.54, 1.807) is 25.0 Å². The van der Waals surface area contributed by atoms with E-state index >= 15 is 4.39 Å². The highest BCUT2D eigenvalue weighted by Gasteiger charge is 2.32. The molecule has 0 radical (unpaired) electrons. The van der Waals surface area contributed by atoms with Crippen LogP contribution in [0, 0.1) is 5.82 Å². The van der Waals surface area contributed by atoms with Gasteiger partial charge in [-0.3, -0.25) is 4.90 Å². The fraction of sp³-hybridized carbons (Fsp3) is 0.296. The van der Waals surface area contributed by atoms with Crippen molar-refractivity contribution in [1.82, 2.24) is 25.1 Å². The van der Waals surface area contributed by atoms with Crippen molar-refractivity contribution in [3.8, 4) is 11.5 Å². The fourth-order valence-corrected chi connectivity index (χ4v) is 4.73. The summed E-state index contributed by atoms with van der Waals surface area (Å²) in [5.41, 5.74) is 2.65. The van der Waals surface area contributed by atoms with Crippen LogP contribution in [0.15, 0.2) is 72.8 Å². The normalized spacial score (nSPS) is 15.0. The first-order chi connectivity index (χ1) is 17.7.